The number of amides is 2. The van der Waals surface area contributed by atoms with Crippen molar-refractivity contribution in [3.63, 3.8) is 0 Å². The van der Waals surface area contributed by atoms with Crippen molar-refractivity contribution in [1.82, 2.24) is 15.5 Å². The van der Waals surface area contributed by atoms with Crippen molar-refractivity contribution >= 4 is 17.8 Å². The molecular formula is C24H35N3O7. The van der Waals surface area contributed by atoms with Crippen LogP contribution in [-0.4, -0.2) is 92.5 Å². The molecule has 10 heteroatoms. The van der Waals surface area contributed by atoms with Gasteiger partial charge in [0.15, 0.2) is 0 Å². The van der Waals surface area contributed by atoms with Gasteiger partial charge in [-0.05, 0) is 56.5 Å². The highest BCUT2D eigenvalue weighted by Gasteiger charge is 2.30. The third-order valence-corrected chi connectivity index (χ3v) is 6.16. The summed E-state index contributed by atoms with van der Waals surface area (Å²) in [5.74, 6) is -0.769. The summed E-state index contributed by atoms with van der Waals surface area (Å²) in [6, 6.07) is 6.67. The van der Waals surface area contributed by atoms with Gasteiger partial charge in [0.05, 0.1) is 19.3 Å². The SMILES string of the molecule is COc1ccc(C[C@H](NC(=O)COC2CCNCC2)C(=O)N2CCC(OCC(=O)O)CC2)cc1. The third-order valence-electron chi connectivity index (χ3n) is 6.16. The number of nitrogens with one attached hydrogen (secondary N) is 2. The van der Waals surface area contributed by atoms with E-state index >= 15 is 0 Å². The molecule has 0 saturated carbocycles. The van der Waals surface area contributed by atoms with Gasteiger partial charge >= 0.3 is 5.97 Å². The lowest BCUT2D eigenvalue weighted by atomic mass is 10.0. The zero-order valence-corrected chi connectivity index (χ0v) is 19.7. The van der Waals surface area contributed by atoms with Crippen LogP contribution in [0.1, 0.15) is 31.2 Å². The Morgan fingerprint density at radius 3 is 2.26 bits per heavy atom. The van der Waals surface area contributed by atoms with Crippen LogP contribution in [0.5, 0.6) is 5.75 Å². The Bertz CT molecular complexity index is 803. The quantitative estimate of drug-likeness (QED) is 0.423. The molecule has 2 amide bonds. The highest BCUT2D eigenvalue weighted by molar-refractivity contribution is 5.88. The van der Waals surface area contributed by atoms with E-state index in [2.05, 4.69) is 10.6 Å². The van der Waals surface area contributed by atoms with Crippen molar-refractivity contribution < 1.29 is 33.7 Å². The van der Waals surface area contributed by atoms with E-state index in [1.54, 1.807) is 12.0 Å². The molecule has 2 heterocycles. The summed E-state index contributed by atoms with van der Waals surface area (Å²) in [5, 5.41) is 14.9. The molecule has 2 saturated heterocycles. The summed E-state index contributed by atoms with van der Waals surface area (Å²) in [6.45, 7) is 2.22. The first-order valence-corrected chi connectivity index (χ1v) is 11.8. The van der Waals surface area contributed by atoms with Crippen LogP contribution in [0, 0.1) is 0 Å². The molecule has 3 rings (SSSR count). The van der Waals surface area contributed by atoms with Gasteiger partial charge in [-0.25, -0.2) is 4.79 Å². The number of carboxylic acids is 1. The Hall–Kier alpha value is -2.69. The van der Waals surface area contributed by atoms with Crippen molar-refractivity contribution in [1.29, 1.82) is 0 Å². The average Bonchev–Trinajstić information content (AvgIpc) is 2.87. The van der Waals surface area contributed by atoms with Crippen LogP contribution in [0.4, 0.5) is 0 Å². The van der Waals surface area contributed by atoms with Crippen molar-refractivity contribution in [2.24, 2.45) is 0 Å². The van der Waals surface area contributed by atoms with Crippen LogP contribution in [0.25, 0.3) is 0 Å². The van der Waals surface area contributed by atoms with Crippen molar-refractivity contribution in [2.45, 2.75) is 50.4 Å². The van der Waals surface area contributed by atoms with E-state index in [1.807, 2.05) is 24.3 Å². The molecule has 1 atom stereocenters. The van der Waals surface area contributed by atoms with E-state index in [0.29, 0.717) is 32.4 Å². The van der Waals surface area contributed by atoms with E-state index in [-0.39, 0.29) is 37.2 Å². The van der Waals surface area contributed by atoms with Crippen LogP contribution in [0.2, 0.25) is 0 Å². The highest BCUT2D eigenvalue weighted by Crippen LogP contribution is 2.17. The summed E-state index contributed by atoms with van der Waals surface area (Å²) in [5.41, 5.74) is 0.901. The lowest BCUT2D eigenvalue weighted by molar-refractivity contribution is -0.147. The molecule has 2 fully saturated rings. The normalized spacial score (nSPS) is 18.3. The molecule has 10 nitrogen and oxygen atoms in total. The summed E-state index contributed by atoms with van der Waals surface area (Å²) < 4.78 is 16.3. The van der Waals surface area contributed by atoms with Gasteiger partial charge in [-0.2, -0.15) is 0 Å². The predicted molar refractivity (Wildman–Crippen MR) is 124 cm³/mol. The zero-order chi connectivity index (χ0) is 24.3. The number of carbonyl (C=O) groups is 3. The Morgan fingerprint density at radius 2 is 1.65 bits per heavy atom. The average molecular weight is 478 g/mol. The molecule has 1 aromatic carbocycles. The van der Waals surface area contributed by atoms with Crippen molar-refractivity contribution in [3.8, 4) is 5.75 Å². The van der Waals surface area contributed by atoms with Gasteiger partial charge < -0.3 is 34.9 Å². The molecule has 2 aliphatic heterocycles. The monoisotopic (exact) mass is 477 g/mol. The van der Waals surface area contributed by atoms with E-state index in [0.717, 1.165) is 37.2 Å². The molecule has 34 heavy (non-hydrogen) atoms. The summed E-state index contributed by atoms with van der Waals surface area (Å²) in [7, 11) is 1.59. The number of benzene rings is 1. The number of hydrogen-bond donors (Lipinski definition) is 3. The number of hydrogen-bond acceptors (Lipinski definition) is 7. The highest BCUT2D eigenvalue weighted by atomic mass is 16.5. The van der Waals surface area contributed by atoms with Crippen LogP contribution in [0.15, 0.2) is 24.3 Å². The number of aliphatic carboxylic acids is 1. The van der Waals surface area contributed by atoms with Crippen molar-refractivity contribution in [3.05, 3.63) is 29.8 Å². The first kappa shape index (κ1) is 25.9. The molecular weight excluding hydrogens is 442 g/mol. The number of likely N-dealkylation sites (tertiary alicyclic amines) is 1. The fraction of sp³-hybridized carbons (Fsp3) is 0.625. The molecule has 3 N–H and O–H groups in total. The molecule has 0 spiro atoms. The number of ether oxygens (including phenoxy) is 3. The second kappa shape index (κ2) is 13.3. The summed E-state index contributed by atoms with van der Waals surface area (Å²) >= 11 is 0. The minimum atomic E-state index is -1.01. The minimum absolute atomic E-state index is 0.0487. The standard InChI is InChI=1S/C24H35N3O7/c1-32-18-4-2-17(3-5-18)14-21(26-22(28)15-33-19-6-10-25-11-7-19)24(31)27-12-8-20(9-13-27)34-16-23(29)30/h2-5,19-21,25H,6-16H2,1H3,(H,26,28)(H,29,30)/t21-/m0/s1. The first-order valence-electron chi connectivity index (χ1n) is 11.8. The third kappa shape index (κ3) is 8.27. The molecule has 0 aromatic heterocycles. The number of piperidine rings is 2. The largest absolute Gasteiger partial charge is 0.497 e. The zero-order valence-electron chi connectivity index (χ0n) is 19.7. The van der Waals surface area contributed by atoms with Gasteiger partial charge in [0.2, 0.25) is 11.8 Å². The number of carboxylic acid groups (broad SMARTS) is 1. The fourth-order valence-corrected chi connectivity index (χ4v) is 4.24. The number of nitrogens with zero attached hydrogens (tertiary/aromatic N) is 1. The van der Waals surface area contributed by atoms with E-state index in [9.17, 15) is 14.4 Å². The fourth-order valence-electron chi connectivity index (χ4n) is 4.24. The predicted octanol–water partition coefficient (Wildman–Crippen LogP) is 0.583. The van der Waals surface area contributed by atoms with Crippen LogP contribution >= 0.6 is 0 Å². The van der Waals surface area contributed by atoms with E-state index in [1.165, 1.54) is 0 Å². The smallest absolute Gasteiger partial charge is 0.329 e. The molecule has 2 aliphatic rings. The van der Waals surface area contributed by atoms with E-state index in [4.69, 9.17) is 19.3 Å². The van der Waals surface area contributed by atoms with Gasteiger partial charge in [0, 0.05) is 19.5 Å². The Morgan fingerprint density at radius 1 is 1.03 bits per heavy atom. The first-order chi connectivity index (χ1) is 16.4. The number of methoxy groups -OCH3 is 1. The van der Waals surface area contributed by atoms with Crippen molar-refractivity contribution in [2.75, 3.05) is 46.5 Å². The van der Waals surface area contributed by atoms with Gasteiger partial charge in [-0.15, -0.1) is 0 Å². The van der Waals surface area contributed by atoms with Gasteiger partial charge in [0.1, 0.15) is 25.0 Å². The second-order valence-electron chi connectivity index (χ2n) is 8.66. The minimum Gasteiger partial charge on any atom is -0.497 e. The lowest BCUT2D eigenvalue weighted by Crippen LogP contribution is -2.53. The van der Waals surface area contributed by atoms with Gasteiger partial charge in [0.25, 0.3) is 0 Å². The maximum Gasteiger partial charge on any atom is 0.329 e. The maximum atomic E-state index is 13.3. The van der Waals surface area contributed by atoms with Gasteiger partial charge in [-0.1, -0.05) is 12.1 Å². The molecule has 0 aliphatic carbocycles. The summed E-state index contributed by atoms with van der Waals surface area (Å²) in [6.07, 6.45) is 3.04. The maximum absolute atomic E-state index is 13.3. The topological polar surface area (TPSA) is 126 Å². The second-order valence-corrected chi connectivity index (χ2v) is 8.66. The molecule has 0 radical (unpaired) electrons. The molecule has 0 unspecified atom stereocenters. The van der Waals surface area contributed by atoms with Crippen LogP contribution in [0.3, 0.4) is 0 Å². The van der Waals surface area contributed by atoms with E-state index < -0.39 is 12.0 Å². The van der Waals surface area contributed by atoms with Gasteiger partial charge in [-0.3, -0.25) is 9.59 Å². The number of carbonyl (C=O) groups excluding carboxylic acids is 2. The van der Waals surface area contributed by atoms with Crippen LogP contribution < -0.4 is 15.4 Å². The van der Waals surface area contributed by atoms with Crippen LogP contribution in [-0.2, 0) is 30.3 Å². The Labute approximate surface area is 199 Å². The lowest BCUT2D eigenvalue weighted by Gasteiger charge is -2.34. The number of rotatable bonds is 11. The molecule has 0 bridgehead atoms. The Balaban J connectivity index is 1.58. The molecule has 188 valence electrons. The Kier molecular flexibility index (Phi) is 10.1. The summed E-state index contributed by atoms with van der Waals surface area (Å²) in [4.78, 5) is 38.4. The molecule has 1 aromatic rings.